The number of rotatable bonds is 5. The number of hydrazine groups is 1. The topological polar surface area (TPSA) is 116 Å². The summed E-state index contributed by atoms with van der Waals surface area (Å²) in [6, 6.07) is 8.45. The molecule has 2 aromatic rings. The highest BCUT2D eigenvalue weighted by atomic mass is 32.2. The van der Waals surface area contributed by atoms with E-state index < -0.39 is 27.9 Å². The van der Waals surface area contributed by atoms with Crippen LogP contribution in [0, 0.1) is 0 Å². The molecule has 2 saturated heterocycles. The van der Waals surface area contributed by atoms with Crippen molar-refractivity contribution in [1.82, 2.24) is 20.1 Å². The van der Waals surface area contributed by atoms with Crippen LogP contribution in [0.3, 0.4) is 0 Å². The maximum absolute atomic E-state index is 12.6. The molecule has 0 saturated carbocycles. The lowest BCUT2D eigenvalue weighted by Crippen LogP contribution is -2.51. The quantitative estimate of drug-likeness (QED) is 0.636. The Bertz CT molecular complexity index is 1090. The van der Waals surface area contributed by atoms with Crippen molar-refractivity contribution in [2.24, 2.45) is 0 Å². The van der Waals surface area contributed by atoms with Gasteiger partial charge in [-0.25, -0.2) is 8.42 Å². The number of hydrogen-bond donors (Lipinski definition) is 2. The molecule has 1 aromatic heterocycles. The first-order valence-electron chi connectivity index (χ1n) is 10.4. The van der Waals surface area contributed by atoms with Gasteiger partial charge in [0.15, 0.2) is 0 Å². The standard InChI is InChI=1S/C21H24N4O5S2/c26-19(15-7-9-16(10-8-15)32(29,30)24-11-1-2-12-24)22-23-20(27)17-5-3-13-25(17)21(28)18-6-4-14-31-18/h4,6-10,14,17H,1-3,5,11-13H2,(H,22,26)(H,23,27)/t17-/m0/s1. The van der Waals surface area contributed by atoms with Crippen molar-refractivity contribution in [3.63, 3.8) is 0 Å². The fraction of sp³-hybridized carbons (Fsp3) is 0.381. The van der Waals surface area contributed by atoms with Crippen LogP contribution >= 0.6 is 11.3 Å². The molecule has 0 bridgehead atoms. The number of carbonyl (C=O) groups excluding carboxylic acids is 3. The molecule has 9 nitrogen and oxygen atoms in total. The zero-order valence-electron chi connectivity index (χ0n) is 17.3. The Hall–Kier alpha value is -2.76. The number of thiophene rings is 1. The molecule has 1 aromatic carbocycles. The predicted octanol–water partition coefficient (Wildman–Crippen LogP) is 1.60. The Morgan fingerprint density at radius 1 is 0.938 bits per heavy atom. The van der Waals surface area contributed by atoms with Gasteiger partial charge >= 0.3 is 0 Å². The Kier molecular flexibility index (Phi) is 6.58. The average molecular weight is 477 g/mol. The minimum absolute atomic E-state index is 0.133. The molecule has 2 aliphatic rings. The molecule has 0 spiro atoms. The van der Waals surface area contributed by atoms with E-state index in [1.165, 1.54) is 44.8 Å². The van der Waals surface area contributed by atoms with Crippen molar-refractivity contribution in [1.29, 1.82) is 0 Å². The van der Waals surface area contributed by atoms with Crippen molar-refractivity contribution in [2.75, 3.05) is 19.6 Å². The normalized spacial score (nSPS) is 19.1. The van der Waals surface area contributed by atoms with Gasteiger partial charge in [0.1, 0.15) is 6.04 Å². The summed E-state index contributed by atoms with van der Waals surface area (Å²) in [5.41, 5.74) is 4.95. The second-order valence-electron chi connectivity index (χ2n) is 7.71. The summed E-state index contributed by atoms with van der Waals surface area (Å²) in [6.45, 7) is 1.49. The highest BCUT2D eigenvalue weighted by Crippen LogP contribution is 2.23. The number of likely N-dealkylation sites (tertiary alicyclic amines) is 1. The first kappa shape index (κ1) is 22.4. The van der Waals surface area contributed by atoms with Gasteiger partial charge in [0.25, 0.3) is 17.7 Å². The molecule has 2 N–H and O–H groups in total. The predicted molar refractivity (Wildman–Crippen MR) is 118 cm³/mol. The van der Waals surface area contributed by atoms with Crippen LogP contribution in [0.25, 0.3) is 0 Å². The first-order valence-corrected chi connectivity index (χ1v) is 12.7. The number of nitrogens with one attached hydrogen (secondary N) is 2. The number of hydrogen-bond acceptors (Lipinski definition) is 6. The minimum Gasteiger partial charge on any atom is -0.326 e. The maximum Gasteiger partial charge on any atom is 0.269 e. The van der Waals surface area contributed by atoms with Crippen LogP contribution in [-0.2, 0) is 14.8 Å². The summed E-state index contributed by atoms with van der Waals surface area (Å²) in [5.74, 6) is -1.23. The second-order valence-corrected chi connectivity index (χ2v) is 10.6. The summed E-state index contributed by atoms with van der Waals surface area (Å²) in [7, 11) is -3.56. The van der Waals surface area contributed by atoms with Crippen molar-refractivity contribution >= 4 is 39.1 Å². The second kappa shape index (κ2) is 9.39. The molecule has 0 unspecified atom stereocenters. The van der Waals surface area contributed by atoms with E-state index in [0.717, 1.165) is 12.8 Å². The molecule has 1 atom stereocenters. The summed E-state index contributed by atoms with van der Waals surface area (Å²) in [6.07, 6.45) is 2.91. The Morgan fingerprint density at radius 2 is 1.66 bits per heavy atom. The highest BCUT2D eigenvalue weighted by molar-refractivity contribution is 7.89. The third-order valence-electron chi connectivity index (χ3n) is 5.67. The van der Waals surface area contributed by atoms with E-state index in [0.29, 0.717) is 37.4 Å². The van der Waals surface area contributed by atoms with Gasteiger partial charge in [0, 0.05) is 25.2 Å². The van der Waals surface area contributed by atoms with Crippen molar-refractivity contribution in [3.05, 3.63) is 52.2 Å². The average Bonchev–Trinajstić information content (AvgIpc) is 3.59. The third-order valence-corrected chi connectivity index (χ3v) is 8.44. The molecule has 4 rings (SSSR count). The fourth-order valence-electron chi connectivity index (χ4n) is 3.95. The molecule has 3 heterocycles. The van der Waals surface area contributed by atoms with Crippen LogP contribution in [0.1, 0.15) is 45.7 Å². The molecule has 32 heavy (non-hydrogen) atoms. The van der Waals surface area contributed by atoms with Crippen LogP contribution in [-0.4, -0.2) is 61.0 Å². The van der Waals surface area contributed by atoms with Crippen LogP contribution in [0.15, 0.2) is 46.7 Å². The number of sulfonamides is 1. The lowest BCUT2D eigenvalue weighted by atomic mass is 10.2. The van der Waals surface area contributed by atoms with E-state index in [1.54, 1.807) is 17.5 Å². The molecule has 0 aliphatic carbocycles. The molecular formula is C21H24N4O5S2. The Balaban J connectivity index is 1.35. The largest absolute Gasteiger partial charge is 0.326 e. The number of nitrogens with zero attached hydrogens (tertiary/aromatic N) is 2. The van der Waals surface area contributed by atoms with Crippen LogP contribution < -0.4 is 10.9 Å². The van der Waals surface area contributed by atoms with Crippen molar-refractivity contribution in [2.45, 2.75) is 36.6 Å². The lowest BCUT2D eigenvalue weighted by molar-refractivity contribution is -0.125. The smallest absolute Gasteiger partial charge is 0.269 e. The van der Waals surface area contributed by atoms with Gasteiger partial charge in [0.2, 0.25) is 10.0 Å². The lowest BCUT2D eigenvalue weighted by Gasteiger charge is -2.23. The molecule has 3 amide bonds. The molecule has 0 radical (unpaired) electrons. The van der Waals surface area contributed by atoms with Gasteiger partial charge in [-0.1, -0.05) is 6.07 Å². The molecule has 11 heteroatoms. The first-order chi connectivity index (χ1) is 15.4. The monoisotopic (exact) mass is 476 g/mol. The van der Waals surface area contributed by atoms with E-state index in [1.807, 2.05) is 0 Å². The van der Waals surface area contributed by atoms with E-state index in [9.17, 15) is 22.8 Å². The van der Waals surface area contributed by atoms with Crippen molar-refractivity contribution < 1.29 is 22.8 Å². The van der Waals surface area contributed by atoms with E-state index >= 15 is 0 Å². The van der Waals surface area contributed by atoms with E-state index in [-0.39, 0.29) is 16.4 Å². The Morgan fingerprint density at radius 3 is 2.31 bits per heavy atom. The fourth-order valence-corrected chi connectivity index (χ4v) is 6.15. The van der Waals surface area contributed by atoms with Crippen LogP contribution in [0.4, 0.5) is 0 Å². The highest BCUT2D eigenvalue weighted by Gasteiger charge is 2.35. The van der Waals surface area contributed by atoms with Gasteiger partial charge in [-0.05, 0) is 61.4 Å². The van der Waals surface area contributed by atoms with Crippen LogP contribution in [0.5, 0.6) is 0 Å². The number of benzene rings is 1. The van der Waals surface area contributed by atoms with Gasteiger partial charge in [-0.15, -0.1) is 11.3 Å². The van der Waals surface area contributed by atoms with Crippen LogP contribution in [0.2, 0.25) is 0 Å². The summed E-state index contributed by atoms with van der Waals surface area (Å²) in [5, 5.41) is 1.81. The van der Waals surface area contributed by atoms with Gasteiger partial charge in [-0.3, -0.25) is 25.2 Å². The minimum atomic E-state index is -3.56. The zero-order chi connectivity index (χ0) is 22.7. The zero-order valence-corrected chi connectivity index (χ0v) is 19.0. The molecule has 170 valence electrons. The third kappa shape index (κ3) is 4.54. The molecular weight excluding hydrogens is 452 g/mol. The SMILES string of the molecule is O=C(NNC(=O)[C@@H]1CCCN1C(=O)c1cccs1)c1ccc(S(=O)(=O)N2CCCC2)cc1. The molecule has 2 aliphatic heterocycles. The van der Waals surface area contributed by atoms with Gasteiger partial charge in [-0.2, -0.15) is 4.31 Å². The summed E-state index contributed by atoms with van der Waals surface area (Å²) < 4.78 is 26.6. The molecule has 2 fully saturated rings. The summed E-state index contributed by atoms with van der Waals surface area (Å²) in [4.78, 5) is 39.8. The number of amides is 3. The Labute approximate surface area is 190 Å². The van der Waals surface area contributed by atoms with Gasteiger partial charge in [0.05, 0.1) is 9.77 Å². The summed E-state index contributed by atoms with van der Waals surface area (Å²) >= 11 is 1.32. The van der Waals surface area contributed by atoms with E-state index in [2.05, 4.69) is 10.9 Å². The van der Waals surface area contributed by atoms with Crippen molar-refractivity contribution in [3.8, 4) is 0 Å². The van der Waals surface area contributed by atoms with E-state index in [4.69, 9.17) is 0 Å². The number of carbonyl (C=O) groups is 3. The maximum atomic E-state index is 12.6. The van der Waals surface area contributed by atoms with Gasteiger partial charge < -0.3 is 4.90 Å².